The van der Waals surface area contributed by atoms with Crippen molar-refractivity contribution >= 4 is 40.7 Å². The van der Waals surface area contributed by atoms with Gasteiger partial charge in [0.05, 0.1) is 0 Å². The van der Waals surface area contributed by atoms with Gasteiger partial charge in [-0.15, -0.1) is 0 Å². The van der Waals surface area contributed by atoms with Crippen LogP contribution in [0.2, 0.25) is 0 Å². The molecule has 7 heavy (non-hydrogen) atoms. The van der Waals surface area contributed by atoms with Crippen molar-refractivity contribution in [3.63, 3.8) is 0 Å². The molecule has 0 aromatic carbocycles. The number of rotatable bonds is 0. The predicted molar refractivity (Wildman–Crippen MR) is 17.2 cm³/mol. The van der Waals surface area contributed by atoms with Crippen molar-refractivity contribution in [2.75, 3.05) is 0 Å². The fraction of sp³-hybridized carbons (Fsp3) is 0. The van der Waals surface area contributed by atoms with E-state index in [-0.39, 0.29) is 31.7 Å². The first kappa shape index (κ1) is 15.7. The molecule has 0 aromatic heterocycles. The van der Waals surface area contributed by atoms with E-state index in [2.05, 4.69) is 0 Å². The van der Waals surface area contributed by atoms with Gasteiger partial charge in [0, 0.05) is 0 Å². The van der Waals surface area contributed by atoms with Crippen LogP contribution in [0.3, 0.4) is 0 Å². The van der Waals surface area contributed by atoms with Crippen molar-refractivity contribution in [1.29, 1.82) is 0 Å². The summed E-state index contributed by atoms with van der Waals surface area (Å²) in [6, 6.07) is 0. The summed E-state index contributed by atoms with van der Waals surface area (Å²) < 4.78 is 34.4. The van der Waals surface area contributed by atoms with Gasteiger partial charge in [-0.25, -0.2) is 0 Å². The first-order chi connectivity index (χ1) is 2.00. The third-order valence-corrected chi connectivity index (χ3v) is 0. The van der Waals surface area contributed by atoms with Crippen LogP contribution in [-0.2, 0) is 3.74 Å². The summed E-state index contributed by atoms with van der Waals surface area (Å²) in [5.41, 5.74) is 0. The Labute approximate surface area is 62.1 Å². The van der Waals surface area contributed by atoms with Crippen molar-refractivity contribution in [1.82, 2.24) is 0 Å². The summed E-state index contributed by atoms with van der Waals surface area (Å²) in [4.78, 5) is 0. The summed E-state index contributed by atoms with van der Waals surface area (Å²) in [5.74, 6) is 0. The first-order valence-electron chi connectivity index (χ1n) is 0.730. The molecule has 0 unspecified atom stereocenters. The van der Waals surface area contributed by atoms with Gasteiger partial charge in [-0.1, -0.05) is 0 Å². The van der Waals surface area contributed by atoms with Crippen molar-refractivity contribution in [3.8, 4) is 0 Å². The molecule has 7 heteroatoms. The van der Waals surface area contributed by atoms with E-state index in [4.69, 9.17) is 16.0 Å². The fourth-order valence-electron chi connectivity index (χ4n) is 0. The third kappa shape index (κ3) is 156. The van der Waals surface area contributed by atoms with E-state index >= 15 is 0 Å². The molecule has 46 valence electrons. The Kier molecular flexibility index (Phi) is 11.7. The average Bonchev–Trinajstić information content (AvgIpc) is 0.722. The molecule has 0 aromatic rings. The number of hydrogen-bond acceptors (Lipinski definition) is 4. The van der Waals surface area contributed by atoms with Crippen LogP contribution in [0.1, 0.15) is 0 Å². The van der Waals surface area contributed by atoms with Gasteiger partial charge >= 0.3 is 56.7 Å². The van der Waals surface area contributed by atoms with Crippen LogP contribution >= 0.6 is 0 Å². The van der Waals surface area contributed by atoms with E-state index in [9.17, 15) is 0 Å². The van der Waals surface area contributed by atoms with Gasteiger partial charge in [-0.05, 0) is 0 Å². The Hall–Kier alpha value is 1.08. The van der Waals surface area contributed by atoms with Crippen LogP contribution < -0.4 is 12.3 Å². The average molecular weight is 367 g/mol. The van der Waals surface area contributed by atoms with Crippen molar-refractivity contribution < 1.29 is 21.5 Å². The van der Waals surface area contributed by atoms with Gasteiger partial charge in [-0.3, -0.25) is 0 Å². The third-order valence-electron chi connectivity index (χ3n) is 0. The molecule has 0 aliphatic heterocycles. The number of hydrogen-bond donors (Lipinski definition) is 0. The standard InChI is InChI=1S/AsH3O4.Bi.H2O.H/c2-1(3,4)5;;;/h(H3,2,3,4,5);;1H2;/p-3. The van der Waals surface area contributed by atoms with Crippen LogP contribution in [0, 0.1) is 0 Å². The predicted octanol–water partition coefficient (Wildman–Crippen LogP) is -5.54. The van der Waals surface area contributed by atoms with Crippen LogP contribution in [0.5, 0.6) is 0 Å². The van der Waals surface area contributed by atoms with Gasteiger partial charge in [0.25, 0.3) is 0 Å². The summed E-state index contributed by atoms with van der Waals surface area (Å²) in [7, 11) is 0. The Balaban J connectivity index is -0.0000000800. The van der Waals surface area contributed by atoms with E-state index in [1.54, 1.807) is 0 Å². The fourth-order valence-corrected chi connectivity index (χ4v) is 0. The zero-order valence-electron chi connectivity index (χ0n) is 3.08. The van der Waals surface area contributed by atoms with Crippen LogP contribution in [0.4, 0.5) is 0 Å². The summed E-state index contributed by atoms with van der Waals surface area (Å²) >= 11 is -5.88. The maximum atomic E-state index is 8.61. The van der Waals surface area contributed by atoms with E-state index in [1.165, 1.54) is 0 Å². The minimum absolute atomic E-state index is 0. The van der Waals surface area contributed by atoms with Gasteiger partial charge in [0.15, 0.2) is 0 Å². The molecule has 0 saturated carbocycles. The van der Waals surface area contributed by atoms with Gasteiger partial charge in [-0.2, -0.15) is 0 Å². The topological polar surface area (TPSA) is 118 Å². The van der Waals surface area contributed by atoms with Crippen LogP contribution in [-0.4, -0.2) is 46.2 Å². The molecular weight excluding hydrogens is 364 g/mol. The van der Waals surface area contributed by atoms with E-state index in [0.717, 1.165) is 0 Å². The maximum absolute atomic E-state index is 8.61. The van der Waals surface area contributed by atoms with E-state index < -0.39 is 14.5 Å². The Morgan fingerprint density at radius 2 is 1.14 bits per heavy atom. The summed E-state index contributed by atoms with van der Waals surface area (Å²) in [6.07, 6.45) is 0. The van der Waals surface area contributed by atoms with Gasteiger partial charge in [0.2, 0.25) is 0 Å². The monoisotopic (exact) mass is 367 g/mol. The Morgan fingerprint density at radius 3 is 1.14 bits per heavy atom. The molecule has 0 fully saturated rings. The molecular formula is H3AsBiO5-3. The summed E-state index contributed by atoms with van der Waals surface area (Å²) in [6.45, 7) is 0. The molecule has 0 amide bonds. The molecule has 0 bridgehead atoms. The molecule has 0 aliphatic rings. The molecule has 5 nitrogen and oxygen atoms in total. The van der Waals surface area contributed by atoms with Gasteiger partial charge < -0.3 is 5.48 Å². The molecule has 0 aliphatic carbocycles. The second kappa shape index (κ2) is 5.22. The normalized spacial score (nSPS) is 8.43. The molecule has 0 saturated heterocycles. The van der Waals surface area contributed by atoms with Gasteiger partial charge in [0.1, 0.15) is 0 Å². The SMILES string of the molecule is O.O=[As]([O-])([O-])[O-].[BiH]. The molecule has 0 atom stereocenters. The molecule has 0 spiro atoms. The van der Waals surface area contributed by atoms with Crippen LogP contribution in [0.15, 0.2) is 0 Å². The molecule has 2 N–H and O–H groups in total. The quantitative estimate of drug-likeness (QED) is 0.397. The minimum atomic E-state index is -5.88. The van der Waals surface area contributed by atoms with Crippen molar-refractivity contribution in [3.05, 3.63) is 0 Å². The summed E-state index contributed by atoms with van der Waals surface area (Å²) in [5, 5.41) is 0. The van der Waals surface area contributed by atoms with Crippen molar-refractivity contribution in [2.45, 2.75) is 0 Å². The van der Waals surface area contributed by atoms with Crippen molar-refractivity contribution in [2.24, 2.45) is 0 Å². The molecule has 0 rings (SSSR count). The van der Waals surface area contributed by atoms with E-state index in [0.29, 0.717) is 0 Å². The zero-order chi connectivity index (χ0) is 4.50. The molecule has 0 heterocycles. The molecule has 2 radical (unpaired) electrons. The Morgan fingerprint density at radius 1 is 1.14 bits per heavy atom. The van der Waals surface area contributed by atoms with E-state index in [1.807, 2.05) is 0 Å². The van der Waals surface area contributed by atoms with Crippen LogP contribution in [0.25, 0.3) is 0 Å². The Bertz CT molecular complexity index is 54.2. The second-order valence-corrected chi connectivity index (χ2v) is 2.32. The zero-order valence-corrected chi connectivity index (χ0v) is 8.84. The second-order valence-electron chi connectivity index (χ2n) is 0.447. The first-order valence-corrected chi connectivity index (χ1v) is 3.79.